The Balaban J connectivity index is 2.45. The largest absolute Gasteiger partial charge is 0.367 e. The van der Waals surface area contributed by atoms with Gasteiger partial charge in [-0.15, -0.1) is 0 Å². The molecule has 0 amide bonds. The van der Waals surface area contributed by atoms with Crippen LogP contribution < -0.4 is 0 Å². The van der Waals surface area contributed by atoms with Gasteiger partial charge >= 0.3 is 0 Å². The standard InChI is InChI=1S/C13H23N/c1-4-5-6-7-12-9-14-10-13(12)8-11(2)3/h9-11,14H,4-8H2,1-3H3. The van der Waals surface area contributed by atoms with Crippen molar-refractivity contribution < 1.29 is 0 Å². The quantitative estimate of drug-likeness (QED) is 0.658. The first-order chi connectivity index (χ1) is 6.74. The molecule has 0 aliphatic heterocycles. The fourth-order valence-electron chi connectivity index (χ4n) is 1.86. The summed E-state index contributed by atoms with van der Waals surface area (Å²) in [7, 11) is 0. The number of hydrogen-bond acceptors (Lipinski definition) is 0. The van der Waals surface area contributed by atoms with E-state index in [0.29, 0.717) is 0 Å². The summed E-state index contributed by atoms with van der Waals surface area (Å²) in [5.41, 5.74) is 3.06. The summed E-state index contributed by atoms with van der Waals surface area (Å²) in [6, 6.07) is 0. The van der Waals surface area contributed by atoms with Gasteiger partial charge in [0, 0.05) is 12.4 Å². The predicted molar refractivity (Wildman–Crippen MR) is 62.6 cm³/mol. The van der Waals surface area contributed by atoms with Gasteiger partial charge in [-0.2, -0.15) is 0 Å². The van der Waals surface area contributed by atoms with Gasteiger partial charge in [0.15, 0.2) is 0 Å². The number of nitrogens with one attached hydrogen (secondary N) is 1. The Morgan fingerprint density at radius 1 is 1.14 bits per heavy atom. The van der Waals surface area contributed by atoms with Gasteiger partial charge in [0.25, 0.3) is 0 Å². The zero-order valence-corrected chi connectivity index (χ0v) is 9.77. The van der Waals surface area contributed by atoms with Gasteiger partial charge in [-0.1, -0.05) is 33.6 Å². The first-order valence-corrected chi connectivity index (χ1v) is 5.88. The van der Waals surface area contributed by atoms with Crippen molar-refractivity contribution in [1.29, 1.82) is 0 Å². The van der Waals surface area contributed by atoms with Gasteiger partial charge in [-0.3, -0.25) is 0 Å². The van der Waals surface area contributed by atoms with Crippen LogP contribution in [0.15, 0.2) is 12.4 Å². The summed E-state index contributed by atoms with van der Waals surface area (Å²) in [6.45, 7) is 6.82. The van der Waals surface area contributed by atoms with Crippen molar-refractivity contribution in [2.75, 3.05) is 0 Å². The molecule has 0 saturated heterocycles. The number of aryl methyl sites for hydroxylation is 1. The molecule has 1 nitrogen and oxygen atoms in total. The normalized spacial score (nSPS) is 11.1. The average Bonchev–Trinajstić information content (AvgIpc) is 2.52. The maximum absolute atomic E-state index is 3.23. The van der Waals surface area contributed by atoms with E-state index < -0.39 is 0 Å². The lowest BCUT2D eigenvalue weighted by atomic mass is 9.99. The van der Waals surface area contributed by atoms with Crippen LogP contribution in [0.5, 0.6) is 0 Å². The van der Waals surface area contributed by atoms with Crippen LogP contribution in [0, 0.1) is 5.92 Å². The van der Waals surface area contributed by atoms with E-state index in [1.807, 2.05) is 0 Å². The molecule has 0 radical (unpaired) electrons. The fraction of sp³-hybridized carbons (Fsp3) is 0.692. The molecule has 1 rings (SSSR count). The summed E-state index contributed by atoms with van der Waals surface area (Å²) in [6.07, 6.45) is 10.8. The Kier molecular flexibility index (Phi) is 4.78. The van der Waals surface area contributed by atoms with Crippen molar-refractivity contribution in [2.24, 2.45) is 5.92 Å². The second-order valence-electron chi connectivity index (χ2n) is 4.56. The predicted octanol–water partition coefficient (Wildman–Crippen LogP) is 3.95. The topological polar surface area (TPSA) is 15.8 Å². The van der Waals surface area contributed by atoms with Gasteiger partial charge < -0.3 is 4.98 Å². The van der Waals surface area contributed by atoms with Gasteiger partial charge in [0.2, 0.25) is 0 Å². The molecule has 1 heterocycles. The van der Waals surface area contributed by atoms with Crippen molar-refractivity contribution in [3.63, 3.8) is 0 Å². The maximum atomic E-state index is 3.23. The second kappa shape index (κ2) is 5.90. The lowest BCUT2D eigenvalue weighted by Gasteiger charge is -2.05. The molecule has 14 heavy (non-hydrogen) atoms. The maximum Gasteiger partial charge on any atom is 0.00403 e. The first-order valence-electron chi connectivity index (χ1n) is 5.88. The zero-order valence-electron chi connectivity index (χ0n) is 9.77. The molecule has 0 bridgehead atoms. The highest BCUT2D eigenvalue weighted by Gasteiger charge is 2.05. The van der Waals surface area contributed by atoms with Gasteiger partial charge in [-0.05, 0) is 36.3 Å². The molecule has 80 valence electrons. The average molecular weight is 193 g/mol. The van der Waals surface area contributed by atoms with Gasteiger partial charge in [-0.25, -0.2) is 0 Å². The van der Waals surface area contributed by atoms with E-state index in [4.69, 9.17) is 0 Å². The molecular formula is C13H23N. The third kappa shape index (κ3) is 3.57. The van der Waals surface area contributed by atoms with E-state index >= 15 is 0 Å². The first kappa shape index (κ1) is 11.4. The van der Waals surface area contributed by atoms with Crippen LogP contribution in [-0.4, -0.2) is 4.98 Å². The number of H-pyrrole nitrogens is 1. The molecule has 0 aliphatic carbocycles. The minimum Gasteiger partial charge on any atom is -0.367 e. The minimum atomic E-state index is 0.760. The molecule has 0 fully saturated rings. The van der Waals surface area contributed by atoms with Crippen LogP contribution in [0.2, 0.25) is 0 Å². The van der Waals surface area contributed by atoms with E-state index in [9.17, 15) is 0 Å². The van der Waals surface area contributed by atoms with Crippen LogP contribution >= 0.6 is 0 Å². The Morgan fingerprint density at radius 2 is 1.86 bits per heavy atom. The van der Waals surface area contributed by atoms with E-state index in [1.165, 1.54) is 43.2 Å². The summed E-state index contributed by atoms with van der Waals surface area (Å²) in [4.78, 5) is 3.23. The minimum absolute atomic E-state index is 0.760. The van der Waals surface area contributed by atoms with Crippen molar-refractivity contribution >= 4 is 0 Å². The highest BCUT2D eigenvalue weighted by molar-refractivity contribution is 5.23. The van der Waals surface area contributed by atoms with Crippen molar-refractivity contribution in [3.05, 3.63) is 23.5 Å². The number of hydrogen-bond donors (Lipinski definition) is 1. The van der Waals surface area contributed by atoms with Crippen molar-refractivity contribution in [1.82, 2.24) is 4.98 Å². The highest BCUT2D eigenvalue weighted by Crippen LogP contribution is 2.15. The molecule has 1 aromatic rings. The summed E-state index contributed by atoms with van der Waals surface area (Å²) in [5, 5.41) is 0. The molecule has 1 heteroatoms. The van der Waals surface area contributed by atoms with E-state index in [1.54, 1.807) is 0 Å². The molecule has 0 atom stereocenters. The summed E-state index contributed by atoms with van der Waals surface area (Å²) in [5.74, 6) is 0.760. The monoisotopic (exact) mass is 193 g/mol. The third-order valence-electron chi connectivity index (χ3n) is 2.61. The second-order valence-corrected chi connectivity index (χ2v) is 4.56. The molecule has 0 spiro atoms. The Bertz CT molecular complexity index is 247. The van der Waals surface area contributed by atoms with Crippen LogP contribution in [0.1, 0.15) is 51.2 Å². The Labute approximate surface area is 87.9 Å². The molecule has 1 N–H and O–H groups in total. The lowest BCUT2D eigenvalue weighted by molar-refractivity contribution is 0.639. The smallest absolute Gasteiger partial charge is 0.00403 e. The Morgan fingerprint density at radius 3 is 2.50 bits per heavy atom. The lowest BCUT2D eigenvalue weighted by Crippen LogP contribution is -1.96. The van der Waals surface area contributed by atoms with Gasteiger partial charge in [0.1, 0.15) is 0 Å². The van der Waals surface area contributed by atoms with E-state index in [0.717, 1.165) is 5.92 Å². The Hall–Kier alpha value is -0.720. The number of unbranched alkanes of at least 4 members (excludes halogenated alkanes) is 2. The SMILES string of the molecule is CCCCCc1c[nH]cc1CC(C)C. The van der Waals surface area contributed by atoms with Crippen LogP contribution in [-0.2, 0) is 12.8 Å². The van der Waals surface area contributed by atoms with Crippen molar-refractivity contribution in [3.8, 4) is 0 Å². The number of aromatic amines is 1. The van der Waals surface area contributed by atoms with Crippen molar-refractivity contribution in [2.45, 2.75) is 52.9 Å². The van der Waals surface area contributed by atoms with Crippen LogP contribution in [0.25, 0.3) is 0 Å². The number of rotatable bonds is 6. The number of aromatic nitrogens is 1. The zero-order chi connectivity index (χ0) is 10.4. The summed E-state index contributed by atoms with van der Waals surface area (Å²) >= 11 is 0. The fourth-order valence-corrected chi connectivity index (χ4v) is 1.86. The molecule has 0 aromatic carbocycles. The molecular weight excluding hydrogens is 170 g/mol. The molecule has 0 saturated carbocycles. The molecule has 0 aliphatic rings. The third-order valence-corrected chi connectivity index (χ3v) is 2.61. The highest BCUT2D eigenvalue weighted by atomic mass is 14.6. The molecule has 1 aromatic heterocycles. The summed E-state index contributed by atoms with van der Waals surface area (Å²) < 4.78 is 0. The van der Waals surface area contributed by atoms with Crippen LogP contribution in [0.3, 0.4) is 0 Å². The van der Waals surface area contributed by atoms with E-state index in [2.05, 4.69) is 38.1 Å². The van der Waals surface area contributed by atoms with Gasteiger partial charge in [0.05, 0.1) is 0 Å². The molecule has 0 unspecified atom stereocenters. The van der Waals surface area contributed by atoms with E-state index in [-0.39, 0.29) is 0 Å². The van der Waals surface area contributed by atoms with Crippen LogP contribution in [0.4, 0.5) is 0 Å².